The van der Waals surface area contributed by atoms with E-state index in [0.29, 0.717) is 5.71 Å². The van der Waals surface area contributed by atoms with E-state index in [1.54, 1.807) is 13.8 Å². The highest BCUT2D eigenvalue weighted by Gasteiger charge is 2.22. The molecule has 0 aliphatic heterocycles. The Kier molecular flexibility index (Phi) is 5.34. The standard InChI is InChI=1S/C10H15NO3/c1-4-14-10(13)9(8(3)11)6-5-7(2)12/h6,9,11-12H,4H2,1-3H3. The van der Waals surface area contributed by atoms with Crippen molar-refractivity contribution in [2.24, 2.45) is 5.92 Å². The average molecular weight is 197 g/mol. The first-order valence-electron chi connectivity index (χ1n) is 4.35. The lowest BCUT2D eigenvalue weighted by molar-refractivity contribution is -0.301. The van der Waals surface area contributed by atoms with Crippen molar-refractivity contribution in [3.8, 4) is 0 Å². The van der Waals surface area contributed by atoms with Crippen molar-refractivity contribution in [3.63, 3.8) is 0 Å². The Hall–Kier alpha value is -1.54. The van der Waals surface area contributed by atoms with Crippen LogP contribution in [-0.4, -0.2) is 18.3 Å². The van der Waals surface area contributed by atoms with Gasteiger partial charge >= 0.3 is 5.97 Å². The molecule has 0 bridgehead atoms. The van der Waals surface area contributed by atoms with Crippen molar-refractivity contribution in [1.29, 1.82) is 0 Å². The van der Waals surface area contributed by atoms with Crippen LogP contribution in [0.15, 0.2) is 17.6 Å². The van der Waals surface area contributed by atoms with Crippen LogP contribution in [0.4, 0.5) is 0 Å². The molecule has 2 N–H and O–H groups in total. The fourth-order valence-electron chi connectivity index (χ4n) is 0.818. The van der Waals surface area contributed by atoms with Crippen LogP contribution in [0.25, 0.3) is 0 Å². The third kappa shape index (κ3) is 4.48. The molecule has 0 amide bonds. The zero-order chi connectivity index (χ0) is 11.1. The molecule has 0 aromatic rings. The molecule has 14 heavy (non-hydrogen) atoms. The van der Waals surface area contributed by atoms with Gasteiger partial charge in [0.1, 0.15) is 0 Å². The molecule has 1 unspecified atom stereocenters. The van der Waals surface area contributed by atoms with Crippen molar-refractivity contribution < 1.29 is 20.0 Å². The molecule has 0 aliphatic carbocycles. The normalized spacial score (nSPS) is 11.1. The summed E-state index contributed by atoms with van der Waals surface area (Å²) in [5, 5.41) is 16.1. The van der Waals surface area contributed by atoms with Crippen molar-refractivity contribution in [2.45, 2.75) is 20.8 Å². The highest BCUT2D eigenvalue weighted by atomic mass is 16.5. The van der Waals surface area contributed by atoms with Gasteiger partial charge < -0.3 is 9.84 Å². The van der Waals surface area contributed by atoms with E-state index in [1.807, 2.05) is 0 Å². The molecule has 0 saturated carbocycles. The van der Waals surface area contributed by atoms with Gasteiger partial charge in [-0.2, -0.15) is 0 Å². The molecule has 0 heterocycles. The van der Waals surface area contributed by atoms with Gasteiger partial charge in [0, 0.05) is 6.92 Å². The monoisotopic (exact) mass is 197 g/mol. The molecule has 0 aromatic heterocycles. The van der Waals surface area contributed by atoms with Gasteiger partial charge in [-0.15, -0.1) is 5.73 Å². The second-order valence-corrected chi connectivity index (χ2v) is 2.84. The predicted octanol–water partition coefficient (Wildman–Crippen LogP) is -1.20. The number of ether oxygens (including phenoxy) is 1. The Morgan fingerprint density at radius 3 is 2.57 bits per heavy atom. The Bertz CT molecular complexity index is 284. The summed E-state index contributed by atoms with van der Waals surface area (Å²) in [5.41, 5.74) is 2.79. The van der Waals surface area contributed by atoms with Gasteiger partial charge in [0.25, 0.3) is 0 Å². The van der Waals surface area contributed by atoms with Crippen LogP contribution >= 0.6 is 0 Å². The van der Waals surface area contributed by atoms with Gasteiger partial charge in [-0.05, 0) is 19.9 Å². The van der Waals surface area contributed by atoms with Crippen LogP contribution in [0.2, 0.25) is 0 Å². The Morgan fingerprint density at radius 1 is 1.64 bits per heavy atom. The van der Waals surface area contributed by atoms with Crippen molar-refractivity contribution in [3.05, 3.63) is 17.6 Å². The fraction of sp³-hybridized carbons (Fsp3) is 0.500. The molecule has 1 atom stereocenters. The van der Waals surface area contributed by atoms with Crippen LogP contribution in [0.1, 0.15) is 20.8 Å². The molecule has 4 nitrogen and oxygen atoms in total. The third-order valence-electron chi connectivity index (χ3n) is 1.48. The van der Waals surface area contributed by atoms with Gasteiger partial charge in [0.15, 0.2) is 11.6 Å². The average Bonchev–Trinajstić information content (AvgIpc) is 2.03. The van der Waals surface area contributed by atoms with E-state index in [9.17, 15) is 9.90 Å². The second-order valence-electron chi connectivity index (χ2n) is 2.84. The lowest BCUT2D eigenvalue weighted by atomic mass is 10.1. The minimum atomic E-state index is -0.682. The maximum Gasteiger partial charge on any atom is 0.323 e. The maximum atomic E-state index is 11.3. The SMILES string of the molecule is CCOC(=O)C(C=C=C(C)[O-])C(C)=[NH2+]. The first-order valence-corrected chi connectivity index (χ1v) is 4.35. The van der Waals surface area contributed by atoms with Gasteiger partial charge in [0.2, 0.25) is 0 Å². The third-order valence-corrected chi connectivity index (χ3v) is 1.48. The number of esters is 1. The molecule has 0 saturated heterocycles. The number of rotatable bonds is 4. The van der Waals surface area contributed by atoms with Crippen molar-refractivity contribution in [1.82, 2.24) is 0 Å². The summed E-state index contributed by atoms with van der Waals surface area (Å²) in [6, 6.07) is 0. The van der Waals surface area contributed by atoms with E-state index in [0.717, 1.165) is 0 Å². The summed E-state index contributed by atoms with van der Waals surface area (Å²) < 4.78 is 4.78. The van der Waals surface area contributed by atoms with E-state index >= 15 is 0 Å². The molecule has 0 rings (SSSR count). The summed E-state index contributed by atoms with van der Waals surface area (Å²) in [6.07, 6.45) is 1.33. The van der Waals surface area contributed by atoms with Gasteiger partial charge in [-0.1, -0.05) is 5.76 Å². The summed E-state index contributed by atoms with van der Waals surface area (Å²) >= 11 is 0. The Labute approximate surface area is 83.4 Å². The van der Waals surface area contributed by atoms with Gasteiger partial charge in [0.05, 0.1) is 6.61 Å². The van der Waals surface area contributed by atoms with E-state index < -0.39 is 11.9 Å². The minimum absolute atomic E-state index is 0.249. The number of carbonyl (C=O) groups is 1. The molecular formula is C10H15NO3. The van der Waals surface area contributed by atoms with E-state index in [4.69, 9.17) is 10.1 Å². The summed E-state index contributed by atoms with van der Waals surface area (Å²) in [6.45, 7) is 4.94. The summed E-state index contributed by atoms with van der Waals surface area (Å²) in [7, 11) is 0. The molecule has 78 valence electrons. The molecule has 4 heteroatoms. The van der Waals surface area contributed by atoms with Crippen LogP contribution in [0, 0.1) is 5.92 Å². The van der Waals surface area contributed by atoms with Crippen molar-refractivity contribution >= 4 is 11.7 Å². The summed E-state index contributed by atoms with van der Waals surface area (Å²) in [5.74, 6) is -1.39. The lowest BCUT2D eigenvalue weighted by Gasteiger charge is -2.06. The van der Waals surface area contributed by atoms with Gasteiger partial charge in [-0.3, -0.25) is 10.2 Å². The van der Waals surface area contributed by atoms with E-state index in [2.05, 4.69) is 5.73 Å². The Balaban J connectivity index is 4.70. The lowest BCUT2D eigenvalue weighted by Crippen LogP contribution is -2.44. The van der Waals surface area contributed by atoms with Crippen molar-refractivity contribution in [2.75, 3.05) is 6.61 Å². The maximum absolute atomic E-state index is 11.3. The molecular weight excluding hydrogens is 182 g/mol. The quantitative estimate of drug-likeness (QED) is 0.266. The summed E-state index contributed by atoms with van der Waals surface area (Å²) in [4.78, 5) is 11.3. The highest BCUT2D eigenvalue weighted by molar-refractivity contribution is 5.99. The second kappa shape index (κ2) is 6.00. The van der Waals surface area contributed by atoms with E-state index in [-0.39, 0.29) is 12.4 Å². The highest BCUT2D eigenvalue weighted by Crippen LogP contribution is 2.02. The fourth-order valence-corrected chi connectivity index (χ4v) is 0.818. The topological polar surface area (TPSA) is 75.0 Å². The van der Waals surface area contributed by atoms with Gasteiger partial charge in [-0.25, -0.2) is 0 Å². The van der Waals surface area contributed by atoms with Crippen LogP contribution in [-0.2, 0) is 9.53 Å². The number of nitrogens with two attached hydrogens (primary N) is 1. The molecule has 0 fully saturated rings. The first kappa shape index (κ1) is 12.5. The molecule has 0 aliphatic rings. The van der Waals surface area contributed by atoms with Crippen LogP contribution < -0.4 is 10.5 Å². The van der Waals surface area contributed by atoms with Crippen LogP contribution in [0.5, 0.6) is 0 Å². The number of carbonyl (C=O) groups excluding carboxylic acids is 1. The van der Waals surface area contributed by atoms with Crippen LogP contribution in [0.3, 0.4) is 0 Å². The molecule has 0 radical (unpaired) electrons. The number of hydrogen-bond donors (Lipinski definition) is 1. The van der Waals surface area contributed by atoms with E-state index in [1.165, 1.54) is 13.0 Å². The predicted molar refractivity (Wildman–Crippen MR) is 50.0 cm³/mol. The zero-order valence-electron chi connectivity index (χ0n) is 8.66. The largest absolute Gasteiger partial charge is 0.870 e. The Morgan fingerprint density at radius 2 is 2.21 bits per heavy atom. The minimum Gasteiger partial charge on any atom is -0.870 e. The molecule has 0 spiro atoms. The zero-order valence-corrected chi connectivity index (χ0v) is 8.66. The smallest absolute Gasteiger partial charge is 0.323 e. The number of hydrogen-bond acceptors (Lipinski definition) is 3. The molecule has 0 aromatic carbocycles. The first-order chi connectivity index (χ1) is 6.49.